The van der Waals surface area contributed by atoms with Crippen molar-refractivity contribution in [3.05, 3.63) is 64.7 Å². The third-order valence-corrected chi connectivity index (χ3v) is 3.21. The minimum atomic E-state index is -0.535. The van der Waals surface area contributed by atoms with Gasteiger partial charge in [0.2, 0.25) is 0 Å². The monoisotopic (exact) mass is 303 g/mol. The number of amides is 1. The first-order valence-corrected chi connectivity index (χ1v) is 6.72. The molecule has 0 saturated heterocycles. The summed E-state index contributed by atoms with van der Waals surface area (Å²) in [6.45, 7) is 1.52. The van der Waals surface area contributed by atoms with E-state index in [2.05, 4.69) is 5.32 Å². The van der Waals surface area contributed by atoms with Crippen molar-refractivity contribution >= 4 is 29.2 Å². The number of hydrogen-bond donors (Lipinski definition) is 1. The fourth-order valence-electron chi connectivity index (χ4n) is 1.66. The number of aryl methyl sites for hydroxylation is 1. The molecule has 21 heavy (non-hydrogen) atoms. The van der Waals surface area contributed by atoms with Crippen LogP contribution in [-0.2, 0) is 9.53 Å². The number of halogens is 1. The van der Waals surface area contributed by atoms with E-state index < -0.39 is 11.9 Å². The number of carbonyl (C=O) groups excluding carboxylic acids is 2. The summed E-state index contributed by atoms with van der Waals surface area (Å²) in [5.74, 6) is -0.952. The number of esters is 1. The lowest BCUT2D eigenvalue weighted by Crippen LogP contribution is -2.20. The average molecular weight is 304 g/mol. The van der Waals surface area contributed by atoms with Crippen LogP contribution >= 0.6 is 11.6 Å². The molecule has 1 N–H and O–H groups in total. The highest BCUT2D eigenvalue weighted by Crippen LogP contribution is 2.19. The van der Waals surface area contributed by atoms with E-state index in [1.54, 1.807) is 48.5 Å². The molecule has 5 heteroatoms. The van der Waals surface area contributed by atoms with Gasteiger partial charge in [-0.25, -0.2) is 4.79 Å². The molecule has 0 aliphatic carbocycles. The highest BCUT2D eigenvalue weighted by Gasteiger charge is 2.10. The van der Waals surface area contributed by atoms with E-state index >= 15 is 0 Å². The highest BCUT2D eigenvalue weighted by molar-refractivity contribution is 6.31. The van der Waals surface area contributed by atoms with E-state index in [1.807, 2.05) is 6.92 Å². The standard InChI is InChI=1S/C16H14ClNO3/c1-11-7-8-13(9-14(11)17)18-15(19)10-21-16(20)12-5-3-2-4-6-12/h2-9H,10H2,1H3,(H,18,19). The Morgan fingerprint density at radius 1 is 1.14 bits per heavy atom. The Bertz CT molecular complexity index is 656. The van der Waals surface area contributed by atoms with Gasteiger partial charge >= 0.3 is 5.97 Å². The van der Waals surface area contributed by atoms with E-state index in [0.717, 1.165) is 5.56 Å². The van der Waals surface area contributed by atoms with Crippen molar-refractivity contribution in [3.8, 4) is 0 Å². The predicted octanol–water partition coefficient (Wildman–Crippen LogP) is 3.44. The lowest BCUT2D eigenvalue weighted by atomic mass is 10.2. The molecule has 1 amide bonds. The summed E-state index contributed by atoms with van der Waals surface area (Å²) in [5.41, 5.74) is 1.89. The minimum Gasteiger partial charge on any atom is -0.452 e. The first-order valence-electron chi connectivity index (χ1n) is 6.34. The van der Waals surface area contributed by atoms with Gasteiger partial charge in [-0.1, -0.05) is 35.9 Å². The Labute approximate surface area is 127 Å². The van der Waals surface area contributed by atoms with Gasteiger partial charge in [-0.15, -0.1) is 0 Å². The van der Waals surface area contributed by atoms with Crippen molar-refractivity contribution < 1.29 is 14.3 Å². The Hall–Kier alpha value is -2.33. The molecule has 0 bridgehead atoms. The van der Waals surface area contributed by atoms with Crippen LogP contribution in [0.3, 0.4) is 0 Å². The number of ether oxygens (including phenoxy) is 1. The fourth-order valence-corrected chi connectivity index (χ4v) is 1.84. The molecule has 2 aromatic carbocycles. The van der Waals surface area contributed by atoms with Crippen LogP contribution in [0.25, 0.3) is 0 Å². The Morgan fingerprint density at radius 2 is 1.86 bits per heavy atom. The van der Waals surface area contributed by atoms with Crippen LogP contribution in [0, 0.1) is 6.92 Å². The molecule has 0 radical (unpaired) electrons. The lowest BCUT2D eigenvalue weighted by molar-refractivity contribution is -0.119. The molecule has 0 saturated carbocycles. The molecule has 0 atom stereocenters. The molecule has 108 valence electrons. The van der Waals surface area contributed by atoms with Gasteiger partial charge in [0, 0.05) is 10.7 Å². The van der Waals surface area contributed by atoms with Gasteiger partial charge in [0.1, 0.15) is 0 Å². The summed E-state index contributed by atoms with van der Waals surface area (Å²) in [6.07, 6.45) is 0. The van der Waals surface area contributed by atoms with Gasteiger partial charge < -0.3 is 10.1 Å². The van der Waals surface area contributed by atoms with E-state index in [0.29, 0.717) is 16.3 Å². The van der Waals surface area contributed by atoms with Crippen LogP contribution < -0.4 is 5.32 Å². The van der Waals surface area contributed by atoms with Crippen LogP contribution in [-0.4, -0.2) is 18.5 Å². The zero-order valence-electron chi connectivity index (χ0n) is 11.4. The molecule has 0 spiro atoms. The van der Waals surface area contributed by atoms with Crippen molar-refractivity contribution in [1.82, 2.24) is 0 Å². The van der Waals surface area contributed by atoms with Gasteiger partial charge in [0.05, 0.1) is 5.56 Å². The molecule has 4 nitrogen and oxygen atoms in total. The number of hydrogen-bond acceptors (Lipinski definition) is 3. The Kier molecular flexibility index (Phi) is 4.95. The molecule has 2 rings (SSSR count). The number of rotatable bonds is 4. The zero-order valence-corrected chi connectivity index (χ0v) is 12.2. The molecule has 0 heterocycles. The first-order chi connectivity index (χ1) is 10.1. The van der Waals surface area contributed by atoms with E-state index in [4.69, 9.17) is 16.3 Å². The fraction of sp³-hybridized carbons (Fsp3) is 0.125. The maximum atomic E-state index is 11.7. The Balaban J connectivity index is 1.87. The second kappa shape index (κ2) is 6.90. The minimum absolute atomic E-state index is 0.348. The molecule has 2 aromatic rings. The molecular formula is C16H14ClNO3. The van der Waals surface area contributed by atoms with Crippen molar-refractivity contribution in [2.24, 2.45) is 0 Å². The quantitative estimate of drug-likeness (QED) is 0.880. The van der Waals surface area contributed by atoms with Crippen LogP contribution in [0.4, 0.5) is 5.69 Å². The number of anilines is 1. The number of nitrogens with one attached hydrogen (secondary N) is 1. The number of carbonyl (C=O) groups is 2. The summed E-state index contributed by atoms with van der Waals surface area (Å²) >= 11 is 5.97. The highest BCUT2D eigenvalue weighted by atomic mass is 35.5. The number of benzene rings is 2. The lowest BCUT2D eigenvalue weighted by Gasteiger charge is -2.07. The van der Waals surface area contributed by atoms with Gasteiger partial charge in [-0.3, -0.25) is 4.79 Å². The smallest absolute Gasteiger partial charge is 0.338 e. The largest absolute Gasteiger partial charge is 0.452 e. The molecule has 0 aromatic heterocycles. The van der Waals surface area contributed by atoms with Gasteiger partial charge in [0.25, 0.3) is 5.91 Å². The summed E-state index contributed by atoms with van der Waals surface area (Å²) in [6, 6.07) is 13.7. The molecule has 0 aliphatic heterocycles. The van der Waals surface area contributed by atoms with Crippen molar-refractivity contribution in [1.29, 1.82) is 0 Å². The molecular weight excluding hydrogens is 290 g/mol. The third-order valence-electron chi connectivity index (χ3n) is 2.80. The second-order valence-electron chi connectivity index (χ2n) is 4.45. The maximum Gasteiger partial charge on any atom is 0.338 e. The van der Waals surface area contributed by atoms with Gasteiger partial charge in [-0.2, -0.15) is 0 Å². The second-order valence-corrected chi connectivity index (χ2v) is 4.86. The summed E-state index contributed by atoms with van der Waals surface area (Å²) in [4.78, 5) is 23.4. The van der Waals surface area contributed by atoms with Crippen LogP contribution in [0.1, 0.15) is 15.9 Å². The topological polar surface area (TPSA) is 55.4 Å². The Morgan fingerprint density at radius 3 is 2.52 bits per heavy atom. The normalized spacial score (nSPS) is 10.0. The van der Waals surface area contributed by atoms with Crippen molar-refractivity contribution in [2.45, 2.75) is 6.92 Å². The zero-order chi connectivity index (χ0) is 15.2. The SMILES string of the molecule is Cc1ccc(NC(=O)COC(=O)c2ccccc2)cc1Cl. The van der Waals surface area contributed by atoms with Crippen LogP contribution in [0.2, 0.25) is 5.02 Å². The first kappa shape index (κ1) is 15.1. The van der Waals surface area contributed by atoms with E-state index in [1.165, 1.54) is 0 Å². The average Bonchev–Trinajstić information content (AvgIpc) is 2.49. The van der Waals surface area contributed by atoms with Gasteiger partial charge in [0.15, 0.2) is 6.61 Å². The van der Waals surface area contributed by atoms with Gasteiger partial charge in [-0.05, 0) is 36.8 Å². The molecule has 0 unspecified atom stereocenters. The summed E-state index contributed by atoms with van der Waals surface area (Å²) < 4.78 is 4.93. The van der Waals surface area contributed by atoms with Crippen LogP contribution in [0.5, 0.6) is 0 Å². The molecule has 0 fully saturated rings. The maximum absolute atomic E-state index is 11.7. The van der Waals surface area contributed by atoms with Crippen LogP contribution in [0.15, 0.2) is 48.5 Å². The summed E-state index contributed by atoms with van der Waals surface area (Å²) in [5, 5.41) is 3.18. The van der Waals surface area contributed by atoms with Crippen molar-refractivity contribution in [3.63, 3.8) is 0 Å². The summed E-state index contributed by atoms with van der Waals surface area (Å²) in [7, 11) is 0. The van der Waals surface area contributed by atoms with E-state index in [-0.39, 0.29) is 6.61 Å². The molecule has 0 aliphatic rings. The van der Waals surface area contributed by atoms with Crippen molar-refractivity contribution in [2.75, 3.05) is 11.9 Å². The van der Waals surface area contributed by atoms with E-state index in [9.17, 15) is 9.59 Å². The predicted molar refractivity (Wildman–Crippen MR) is 81.5 cm³/mol. The third kappa shape index (κ3) is 4.33.